The maximum atomic E-state index is 11.9. The standard InChI is InChI=1S/C12H12Cl3NO5/c1-6(10(18)20-2)16-5-7(9(17)12(13,14)15)4-8(16)11(19)21-3/h4-6H,1-3H3. The summed E-state index contributed by atoms with van der Waals surface area (Å²) in [5.41, 5.74) is -0.0702. The van der Waals surface area contributed by atoms with Crippen molar-refractivity contribution in [1.29, 1.82) is 0 Å². The first-order valence-corrected chi connectivity index (χ1v) is 6.76. The van der Waals surface area contributed by atoms with Gasteiger partial charge in [0.1, 0.15) is 11.7 Å². The number of methoxy groups -OCH3 is 2. The van der Waals surface area contributed by atoms with Crippen molar-refractivity contribution < 1.29 is 23.9 Å². The third-order valence-electron chi connectivity index (χ3n) is 2.72. The molecule has 1 aromatic rings. The summed E-state index contributed by atoms with van der Waals surface area (Å²) in [6.45, 7) is 1.49. The predicted molar refractivity (Wildman–Crippen MR) is 77.1 cm³/mol. The van der Waals surface area contributed by atoms with Crippen LogP contribution in [0.25, 0.3) is 0 Å². The Balaban J connectivity index is 3.35. The van der Waals surface area contributed by atoms with E-state index in [1.54, 1.807) is 0 Å². The minimum Gasteiger partial charge on any atom is -0.467 e. The van der Waals surface area contributed by atoms with Gasteiger partial charge < -0.3 is 14.0 Å². The van der Waals surface area contributed by atoms with Crippen LogP contribution in [0.3, 0.4) is 0 Å². The molecule has 1 aromatic heterocycles. The summed E-state index contributed by atoms with van der Waals surface area (Å²) in [5.74, 6) is -2.17. The van der Waals surface area contributed by atoms with Crippen LogP contribution in [0.2, 0.25) is 0 Å². The zero-order chi connectivity index (χ0) is 16.4. The Hall–Kier alpha value is -1.24. The van der Waals surface area contributed by atoms with Crippen LogP contribution < -0.4 is 0 Å². The number of halogens is 3. The number of Topliss-reactive ketones (excluding diaryl/α,β-unsaturated/α-hetero) is 1. The van der Waals surface area contributed by atoms with Gasteiger partial charge in [0, 0.05) is 11.8 Å². The fourth-order valence-corrected chi connectivity index (χ4v) is 1.97. The van der Waals surface area contributed by atoms with Crippen molar-refractivity contribution in [2.75, 3.05) is 14.2 Å². The molecule has 1 rings (SSSR count). The molecular weight excluding hydrogens is 344 g/mol. The van der Waals surface area contributed by atoms with Crippen molar-refractivity contribution in [2.45, 2.75) is 16.8 Å². The van der Waals surface area contributed by atoms with E-state index in [1.165, 1.54) is 38.0 Å². The Morgan fingerprint density at radius 3 is 2.19 bits per heavy atom. The molecule has 0 aliphatic heterocycles. The number of carbonyl (C=O) groups excluding carboxylic acids is 3. The van der Waals surface area contributed by atoms with E-state index < -0.39 is 27.6 Å². The molecule has 0 saturated carbocycles. The van der Waals surface area contributed by atoms with Crippen molar-refractivity contribution in [2.24, 2.45) is 0 Å². The lowest BCUT2D eigenvalue weighted by atomic mass is 10.2. The fourth-order valence-electron chi connectivity index (χ4n) is 1.64. The third kappa shape index (κ3) is 3.90. The van der Waals surface area contributed by atoms with E-state index >= 15 is 0 Å². The molecule has 0 bridgehead atoms. The van der Waals surface area contributed by atoms with E-state index in [-0.39, 0.29) is 11.3 Å². The second-order valence-corrected chi connectivity index (χ2v) is 6.32. The Labute approximate surface area is 135 Å². The lowest BCUT2D eigenvalue weighted by Gasteiger charge is -2.14. The summed E-state index contributed by atoms with van der Waals surface area (Å²) >= 11 is 16.6. The second-order valence-electron chi connectivity index (χ2n) is 4.04. The van der Waals surface area contributed by atoms with Gasteiger partial charge in [-0.3, -0.25) is 4.79 Å². The maximum Gasteiger partial charge on any atom is 0.354 e. The van der Waals surface area contributed by atoms with Crippen LogP contribution in [0, 0.1) is 0 Å². The molecule has 116 valence electrons. The first-order valence-electron chi connectivity index (χ1n) is 5.63. The number of aromatic nitrogens is 1. The molecule has 0 aromatic carbocycles. The number of carbonyl (C=O) groups is 3. The van der Waals surface area contributed by atoms with Crippen LogP contribution in [-0.2, 0) is 14.3 Å². The van der Waals surface area contributed by atoms with Gasteiger partial charge in [0.15, 0.2) is 0 Å². The van der Waals surface area contributed by atoms with E-state index in [2.05, 4.69) is 9.47 Å². The predicted octanol–water partition coefficient (Wildman–Crippen LogP) is 2.56. The minimum atomic E-state index is -2.17. The highest BCUT2D eigenvalue weighted by molar-refractivity contribution is 6.77. The SMILES string of the molecule is COC(=O)c1cc(C(=O)C(Cl)(Cl)Cl)cn1C(C)C(=O)OC. The van der Waals surface area contributed by atoms with Crippen molar-refractivity contribution in [3.8, 4) is 0 Å². The largest absolute Gasteiger partial charge is 0.467 e. The molecule has 0 radical (unpaired) electrons. The summed E-state index contributed by atoms with van der Waals surface area (Å²) in [7, 11) is 2.37. The van der Waals surface area contributed by atoms with E-state index in [9.17, 15) is 14.4 Å². The minimum absolute atomic E-state index is 0.0343. The highest BCUT2D eigenvalue weighted by atomic mass is 35.6. The van der Waals surface area contributed by atoms with Crippen molar-refractivity contribution in [3.63, 3.8) is 0 Å². The van der Waals surface area contributed by atoms with Gasteiger partial charge in [-0.2, -0.15) is 0 Å². The fraction of sp³-hybridized carbons (Fsp3) is 0.417. The first-order chi connectivity index (χ1) is 9.63. The summed E-state index contributed by atoms with van der Waals surface area (Å²) in [6, 6.07) is 0.330. The second kappa shape index (κ2) is 6.68. The summed E-state index contributed by atoms with van der Waals surface area (Å²) in [6.07, 6.45) is 1.23. The van der Waals surface area contributed by atoms with E-state index in [1.807, 2.05) is 0 Å². The van der Waals surface area contributed by atoms with E-state index in [0.717, 1.165) is 0 Å². The quantitative estimate of drug-likeness (QED) is 0.471. The van der Waals surface area contributed by atoms with Gasteiger partial charge in [-0.25, -0.2) is 9.59 Å². The molecule has 1 unspecified atom stereocenters. The summed E-state index contributed by atoms with van der Waals surface area (Å²) < 4.78 is 8.24. The molecule has 0 fully saturated rings. The molecule has 0 aliphatic carbocycles. The van der Waals surface area contributed by atoms with Gasteiger partial charge in [0.05, 0.1) is 14.2 Å². The van der Waals surface area contributed by atoms with Gasteiger partial charge >= 0.3 is 11.9 Å². The molecule has 1 heterocycles. The van der Waals surface area contributed by atoms with E-state index in [0.29, 0.717) is 0 Å². The molecule has 9 heteroatoms. The van der Waals surface area contributed by atoms with Crippen molar-refractivity contribution in [3.05, 3.63) is 23.5 Å². The van der Waals surface area contributed by atoms with Crippen molar-refractivity contribution in [1.82, 2.24) is 4.57 Å². The van der Waals surface area contributed by atoms with Gasteiger partial charge in [0.25, 0.3) is 3.79 Å². The Bertz CT molecular complexity index is 576. The molecule has 21 heavy (non-hydrogen) atoms. The zero-order valence-electron chi connectivity index (χ0n) is 11.4. The normalized spacial score (nSPS) is 12.7. The molecule has 0 N–H and O–H groups in total. The topological polar surface area (TPSA) is 74.6 Å². The molecule has 1 atom stereocenters. The first kappa shape index (κ1) is 17.8. The van der Waals surface area contributed by atoms with Gasteiger partial charge in [-0.05, 0) is 13.0 Å². The monoisotopic (exact) mass is 355 g/mol. The molecule has 0 saturated heterocycles. The highest BCUT2D eigenvalue weighted by Crippen LogP contribution is 2.31. The molecule has 0 amide bonds. The average molecular weight is 357 g/mol. The lowest BCUT2D eigenvalue weighted by Crippen LogP contribution is -2.21. The molecular formula is C12H12Cl3NO5. The van der Waals surface area contributed by atoms with Crippen LogP contribution >= 0.6 is 34.8 Å². The number of esters is 2. The number of alkyl halides is 3. The highest BCUT2D eigenvalue weighted by Gasteiger charge is 2.34. The van der Waals surface area contributed by atoms with Gasteiger partial charge in [0.2, 0.25) is 5.78 Å². The van der Waals surface area contributed by atoms with Crippen LogP contribution in [0.15, 0.2) is 12.3 Å². The average Bonchev–Trinajstić information content (AvgIpc) is 2.87. The summed E-state index contributed by atoms with van der Waals surface area (Å²) in [4.78, 5) is 35.3. The summed E-state index contributed by atoms with van der Waals surface area (Å²) in [5, 5.41) is 0. The van der Waals surface area contributed by atoms with Crippen LogP contribution in [0.1, 0.15) is 33.8 Å². The maximum absolute atomic E-state index is 11.9. The van der Waals surface area contributed by atoms with Crippen LogP contribution in [0.5, 0.6) is 0 Å². The van der Waals surface area contributed by atoms with Gasteiger partial charge in [-0.15, -0.1) is 0 Å². The molecule has 6 nitrogen and oxygen atoms in total. The van der Waals surface area contributed by atoms with Crippen LogP contribution in [-0.4, -0.2) is 40.3 Å². The number of rotatable bonds is 4. The lowest BCUT2D eigenvalue weighted by molar-refractivity contribution is -0.144. The van der Waals surface area contributed by atoms with Crippen molar-refractivity contribution >= 4 is 52.5 Å². The number of hydrogen-bond acceptors (Lipinski definition) is 5. The number of nitrogens with zero attached hydrogens (tertiary/aromatic N) is 1. The number of hydrogen-bond donors (Lipinski definition) is 0. The zero-order valence-corrected chi connectivity index (χ0v) is 13.6. The smallest absolute Gasteiger partial charge is 0.354 e. The Kier molecular flexibility index (Phi) is 5.67. The van der Waals surface area contributed by atoms with Crippen LogP contribution in [0.4, 0.5) is 0 Å². The van der Waals surface area contributed by atoms with Gasteiger partial charge in [-0.1, -0.05) is 34.8 Å². The molecule has 0 aliphatic rings. The number of ketones is 1. The Morgan fingerprint density at radius 2 is 1.76 bits per heavy atom. The Morgan fingerprint density at radius 1 is 1.19 bits per heavy atom. The van der Waals surface area contributed by atoms with E-state index in [4.69, 9.17) is 34.8 Å². The molecule has 0 spiro atoms. The number of ether oxygens (including phenoxy) is 2. The third-order valence-corrected chi connectivity index (χ3v) is 3.24.